The molecule has 0 saturated carbocycles. The summed E-state index contributed by atoms with van der Waals surface area (Å²) in [4.78, 5) is 0. The van der Waals surface area contributed by atoms with Crippen molar-refractivity contribution in [2.45, 2.75) is 38.8 Å². The minimum absolute atomic E-state index is 0.190. The lowest BCUT2D eigenvalue weighted by molar-refractivity contribution is -0.0585. The second-order valence-corrected chi connectivity index (χ2v) is 4.42. The van der Waals surface area contributed by atoms with Crippen LogP contribution in [0, 0.1) is 0 Å². The Morgan fingerprint density at radius 3 is 2.67 bits per heavy atom. The van der Waals surface area contributed by atoms with E-state index in [2.05, 4.69) is 17.4 Å². The average molecular weight is 256 g/mol. The van der Waals surface area contributed by atoms with Gasteiger partial charge in [-0.25, -0.2) is 5.43 Å². The largest absolute Gasteiger partial charge is 0.493 e. The fourth-order valence-electron chi connectivity index (χ4n) is 2.18. The maximum atomic E-state index is 5.87. The molecule has 0 spiro atoms. The first-order chi connectivity index (χ1) is 8.53. The van der Waals surface area contributed by atoms with Crippen LogP contribution >= 0.6 is 0 Å². The van der Waals surface area contributed by atoms with E-state index in [1.54, 1.807) is 18.0 Å². The average Bonchev–Trinajstić information content (AvgIpc) is 2.72. The molecule has 0 aromatic carbocycles. The molecule has 2 atom stereocenters. The molecule has 0 fully saturated rings. The summed E-state index contributed by atoms with van der Waals surface area (Å²) in [6.07, 6.45) is 2.51. The number of hydrazine groups is 1. The first-order valence-electron chi connectivity index (χ1n) is 6.20. The van der Waals surface area contributed by atoms with E-state index in [4.69, 9.17) is 15.3 Å². The number of nitrogens with two attached hydrogens (primary N) is 1. The highest BCUT2D eigenvalue weighted by atomic mass is 16.5. The Hall–Kier alpha value is -1.11. The van der Waals surface area contributed by atoms with Gasteiger partial charge >= 0.3 is 0 Å². The summed E-state index contributed by atoms with van der Waals surface area (Å²) in [5, 5.41) is 4.20. The maximum absolute atomic E-state index is 5.87. The summed E-state index contributed by atoms with van der Waals surface area (Å²) in [7, 11) is 3.49. The molecule has 0 radical (unpaired) electrons. The molecular weight excluding hydrogens is 232 g/mol. The molecule has 0 amide bonds. The first kappa shape index (κ1) is 14.9. The van der Waals surface area contributed by atoms with Crippen LogP contribution in [0.4, 0.5) is 0 Å². The molecule has 18 heavy (non-hydrogen) atoms. The molecule has 0 aliphatic rings. The van der Waals surface area contributed by atoms with Gasteiger partial charge in [-0.15, -0.1) is 0 Å². The molecule has 1 aromatic rings. The zero-order valence-electron chi connectivity index (χ0n) is 11.9. The van der Waals surface area contributed by atoms with E-state index in [-0.39, 0.29) is 6.04 Å². The Morgan fingerprint density at radius 2 is 2.22 bits per heavy atom. The van der Waals surface area contributed by atoms with Gasteiger partial charge in [0.2, 0.25) is 0 Å². The lowest BCUT2D eigenvalue weighted by Gasteiger charge is -2.36. The lowest BCUT2D eigenvalue weighted by atomic mass is 9.90. The molecule has 0 aliphatic carbocycles. The highest BCUT2D eigenvalue weighted by molar-refractivity contribution is 5.30. The Kier molecular flexibility index (Phi) is 5.13. The molecule has 1 heterocycles. The highest BCUT2D eigenvalue weighted by Gasteiger charge is 2.37. The van der Waals surface area contributed by atoms with E-state index in [9.17, 15) is 0 Å². The third-order valence-corrected chi connectivity index (χ3v) is 3.40. The van der Waals surface area contributed by atoms with Crippen molar-refractivity contribution in [2.24, 2.45) is 12.9 Å². The monoisotopic (exact) mass is 256 g/mol. The molecular formula is C12H24N4O2. The standard InChI is InChI=1S/C12H24N4O2/c1-6-12(3,18-7-2)11(15-13)10-9(17-5)8-14-16(10)4/h8,11,15H,6-7,13H2,1-5H3. The summed E-state index contributed by atoms with van der Waals surface area (Å²) in [6.45, 7) is 6.71. The smallest absolute Gasteiger partial charge is 0.161 e. The van der Waals surface area contributed by atoms with E-state index < -0.39 is 5.60 Å². The molecule has 6 nitrogen and oxygen atoms in total. The quantitative estimate of drug-likeness (QED) is 0.565. The number of aryl methyl sites for hydroxylation is 1. The number of nitrogens with zero attached hydrogens (tertiary/aromatic N) is 2. The van der Waals surface area contributed by atoms with Crippen LogP contribution in [0.5, 0.6) is 5.75 Å². The van der Waals surface area contributed by atoms with Crippen LogP contribution in [0.2, 0.25) is 0 Å². The van der Waals surface area contributed by atoms with Crippen molar-refractivity contribution in [1.29, 1.82) is 0 Å². The topological polar surface area (TPSA) is 74.3 Å². The third-order valence-electron chi connectivity index (χ3n) is 3.40. The molecule has 0 saturated heterocycles. The summed E-state index contributed by atoms with van der Waals surface area (Å²) in [6, 6.07) is -0.190. The summed E-state index contributed by atoms with van der Waals surface area (Å²) in [5.74, 6) is 6.43. The van der Waals surface area contributed by atoms with Crippen LogP contribution in [-0.4, -0.2) is 29.1 Å². The Balaban J connectivity index is 3.18. The van der Waals surface area contributed by atoms with Crippen LogP contribution in [-0.2, 0) is 11.8 Å². The SMILES string of the molecule is CCOC(C)(CC)C(NN)c1c(OC)cnn1C. The fourth-order valence-corrected chi connectivity index (χ4v) is 2.18. The molecule has 0 aliphatic heterocycles. The van der Waals surface area contributed by atoms with E-state index >= 15 is 0 Å². The normalized spacial score (nSPS) is 16.3. The second-order valence-electron chi connectivity index (χ2n) is 4.42. The van der Waals surface area contributed by atoms with E-state index in [1.807, 2.05) is 20.9 Å². The van der Waals surface area contributed by atoms with E-state index in [0.717, 1.165) is 12.1 Å². The Labute approximate surface area is 108 Å². The number of aromatic nitrogens is 2. The van der Waals surface area contributed by atoms with Crippen molar-refractivity contribution in [2.75, 3.05) is 13.7 Å². The lowest BCUT2D eigenvalue weighted by Crippen LogP contribution is -2.47. The Bertz CT molecular complexity index is 380. The van der Waals surface area contributed by atoms with Gasteiger partial charge < -0.3 is 9.47 Å². The third kappa shape index (κ3) is 2.66. The number of ether oxygens (including phenoxy) is 2. The summed E-state index contributed by atoms with van der Waals surface area (Å²) < 4.78 is 13.0. The number of nitrogens with one attached hydrogen (secondary N) is 1. The van der Waals surface area contributed by atoms with Gasteiger partial charge in [0.15, 0.2) is 5.75 Å². The zero-order chi connectivity index (χ0) is 13.8. The number of rotatable bonds is 7. The predicted molar refractivity (Wildman–Crippen MR) is 70.1 cm³/mol. The number of hydrogen-bond acceptors (Lipinski definition) is 5. The van der Waals surface area contributed by atoms with Crippen molar-refractivity contribution in [3.8, 4) is 5.75 Å². The molecule has 1 rings (SSSR count). The molecule has 104 valence electrons. The molecule has 6 heteroatoms. The summed E-state index contributed by atoms with van der Waals surface area (Å²) >= 11 is 0. The van der Waals surface area contributed by atoms with Crippen molar-refractivity contribution in [3.05, 3.63) is 11.9 Å². The molecule has 2 unspecified atom stereocenters. The second kappa shape index (κ2) is 6.17. The van der Waals surface area contributed by atoms with Crippen molar-refractivity contribution in [1.82, 2.24) is 15.2 Å². The summed E-state index contributed by atoms with van der Waals surface area (Å²) in [5.41, 5.74) is 3.31. The van der Waals surface area contributed by atoms with Gasteiger partial charge in [0, 0.05) is 13.7 Å². The van der Waals surface area contributed by atoms with Gasteiger partial charge in [0.25, 0.3) is 0 Å². The van der Waals surface area contributed by atoms with Crippen molar-refractivity contribution in [3.63, 3.8) is 0 Å². The van der Waals surface area contributed by atoms with Crippen LogP contribution in [0.3, 0.4) is 0 Å². The molecule has 1 aromatic heterocycles. The van der Waals surface area contributed by atoms with Crippen LogP contribution in [0.25, 0.3) is 0 Å². The van der Waals surface area contributed by atoms with Gasteiger partial charge in [0.1, 0.15) is 5.69 Å². The van der Waals surface area contributed by atoms with E-state index in [1.165, 1.54) is 0 Å². The minimum Gasteiger partial charge on any atom is -0.493 e. The number of hydrogen-bond donors (Lipinski definition) is 2. The molecule has 3 N–H and O–H groups in total. The maximum Gasteiger partial charge on any atom is 0.161 e. The van der Waals surface area contributed by atoms with Gasteiger partial charge in [0.05, 0.1) is 24.9 Å². The van der Waals surface area contributed by atoms with Gasteiger partial charge in [-0.3, -0.25) is 10.5 Å². The van der Waals surface area contributed by atoms with Crippen LogP contribution in [0.15, 0.2) is 6.20 Å². The van der Waals surface area contributed by atoms with Crippen molar-refractivity contribution < 1.29 is 9.47 Å². The highest BCUT2D eigenvalue weighted by Crippen LogP contribution is 2.35. The Morgan fingerprint density at radius 1 is 1.56 bits per heavy atom. The van der Waals surface area contributed by atoms with Gasteiger partial charge in [-0.05, 0) is 20.3 Å². The van der Waals surface area contributed by atoms with Gasteiger partial charge in [-0.1, -0.05) is 6.92 Å². The van der Waals surface area contributed by atoms with Gasteiger partial charge in [-0.2, -0.15) is 5.10 Å². The zero-order valence-corrected chi connectivity index (χ0v) is 11.9. The molecule has 0 bridgehead atoms. The van der Waals surface area contributed by atoms with Crippen molar-refractivity contribution >= 4 is 0 Å². The first-order valence-corrected chi connectivity index (χ1v) is 6.20. The van der Waals surface area contributed by atoms with Crippen LogP contribution < -0.4 is 16.0 Å². The number of methoxy groups -OCH3 is 1. The van der Waals surface area contributed by atoms with E-state index in [0.29, 0.717) is 12.4 Å². The predicted octanol–water partition coefficient (Wildman–Crippen LogP) is 1.14. The van der Waals surface area contributed by atoms with Crippen LogP contribution in [0.1, 0.15) is 38.9 Å². The fraction of sp³-hybridized carbons (Fsp3) is 0.750. The minimum atomic E-state index is -0.412.